The monoisotopic (exact) mass is 553 g/mol. The quantitative estimate of drug-likeness (QED) is 0.199. The summed E-state index contributed by atoms with van der Waals surface area (Å²) in [5.74, 6) is 3.79. The van der Waals surface area contributed by atoms with Crippen molar-refractivity contribution < 1.29 is 19.1 Å². The first-order chi connectivity index (χ1) is 19.0. The number of esters is 1. The summed E-state index contributed by atoms with van der Waals surface area (Å²) in [7, 11) is 0. The molecule has 0 unspecified atom stereocenters. The van der Waals surface area contributed by atoms with Crippen LogP contribution in [-0.2, 0) is 19.1 Å². The van der Waals surface area contributed by atoms with Crippen molar-refractivity contribution in [3.8, 4) is 0 Å². The lowest BCUT2D eigenvalue weighted by atomic mass is 9.46. The van der Waals surface area contributed by atoms with Crippen LogP contribution < -0.4 is 0 Å². The molecule has 0 aromatic carbocycles. The molecule has 6 rings (SSSR count). The van der Waals surface area contributed by atoms with Gasteiger partial charge in [-0.05, 0) is 98.2 Å². The highest BCUT2D eigenvalue weighted by molar-refractivity contribution is 5.74. The summed E-state index contributed by atoms with van der Waals surface area (Å²) in [4.78, 5) is 27.4. The van der Waals surface area contributed by atoms with Gasteiger partial charge in [-0.1, -0.05) is 59.1 Å². The largest absolute Gasteiger partial charge is 0.462 e. The Hall–Kier alpha value is -1.36. The molecule has 2 heterocycles. The fourth-order valence-corrected chi connectivity index (χ4v) is 11.3. The minimum Gasteiger partial charge on any atom is -0.462 e. The number of carbonyl (C=O) groups is 2. The summed E-state index contributed by atoms with van der Waals surface area (Å²) in [5.41, 5.74) is 1.71. The predicted octanol–water partition coefficient (Wildman–Crippen LogP) is 7.68. The van der Waals surface area contributed by atoms with Crippen molar-refractivity contribution in [1.82, 2.24) is 4.90 Å². The molecule has 224 valence electrons. The van der Waals surface area contributed by atoms with Crippen LogP contribution in [0.3, 0.4) is 0 Å². The zero-order valence-electron chi connectivity index (χ0n) is 26.2. The van der Waals surface area contributed by atoms with Gasteiger partial charge in [-0.15, -0.1) is 0 Å². The minimum atomic E-state index is -0.392. The molecule has 1 amide bonds. The Labute approximate surface area is 243 Å². The summed E-state index contributed by atoms with van der Waals surface area (Å²) in [6, 6.07) is 0. The second kappa shape index (κ2) is 10.4. The normalized spacial score (nSPS) is 47.6. The zero-order valence-corrected chi connectivity index (χ0v) is 26.2. The first-order valence-electron chi connectivity index (χ1n) is 16.9. The first-order valence-corrected chi connectivity index (χ1v) is 16.9. The summed E-state index contributed by atoms with van der Waals surface area (Å²) >= 11 is 0. The lowest BCUT2D eigenvalue weighted by Crippen LogP contribution is -2.60. The third kappa shape index (κ3) is 4.33. The summed E-state index contributed by atoms with van der Waals surface area (Å²) in [5, 5.41) is 0. The number of amides is 1. The van der Waals surface area contributed by atoms with E-state index in [0.29, 0.717) is 36.0 Å². The maximum absolute atomic E-state index is 12.8. The van der Waals surface area contributed by atoms with E-state index in [0.717, 1.165) is 70.3 Å². The van der Waals surface area contributed by atoms with Gasteiger partial charge in [0.15, 0.2) is 0 Å². The summed E-state index contributed by atoms with van der Waals surface area (Å²) in [6.45, 7) is 14.6. The molecule has 0 N–H and O–H groups in total. The number of fused-ring (bicyclic) bond motifs is 7. The number of allylic oxidation sites excluding steroid dienone is 1. The number of hydrogen-bond acceptors (Lipinski definition) is 4. The van der Waals surface area contributed by atoms with Crippen LogP contribution in [0.15, 0.2) is 11.6 Å². The fourth-order valence-electron chi connectivity index (χ4n) is 11.3. The first kappa shape index (κ1) is 28.7. The van der Waals surface area contributed by atoms with Gasteiger partial charge in [0, 0.05) is 32.2 Å². The van der Waals surface area contributed by atoms with Crippen LogP contribution in [-0.4, -0.2) is 41.3 Å². The smallest absolute Gasteiger partial charge is 0.306 e. The van der Waals surface area contributed by atoms with E-state index in [1.807, 2.05) is 0 Å². The molecule has 6 aliphatic rings. The number of piperidine rings is 1. The molecule has 3 saturated carbocycles. The third-order valence-electron chi connectivity index (χ3n) is 13.4. The van der Waals surface area contributed by atoms with Gasteiger partial charge in [0.25, 0.3) is 0 Å². The Kier molecular flexibility index (Phi) is 7.49. The maximum atomic E-state index is 12.8. The van der Waals surface area contributed by atoms with Crippen molar-refractivity contribution in [1.29, 1.82) is 0 Å². The van der Waals surface area contributed by atoms with Gasteiger partial charge in [0.2, 0.25) is 5.91 Å². The standard InChI is InChI=1S/C35H55NO4/c1-7-8-9-10-31(38)39-26-14-16-33(5)25(19-26)11-12-27-28(33)15-17-34(6)29(27)20-30-32(34)23(3)35(40-30)18-13-22(2)21-36(35)24(4)37/h11,22-23,26-30,32H,7-10,12-21H2,1-6H3/t22-,23+,26+,27-,28+,29+,30+,32+,33+,34+,35-/m1/s1. The van der Waals surface area contributed by atoms with E-state index in [1.54, 1.807) is 12.5 Å². The van der Waals surface area contributed by atoms with Gasteiger partial charge >= 0.3 is 5.97 Å². The van der Waals surface area contributed by atoms with Crippen molar-refractivity contribution >= 4 is 11.9 Å². The van der Waals surface area contributed by atoms with Crippen LogP contribution in [0.1, 0.15) is 125 Å². The van der Waals surface area contributed by atoms with E-state index < -0.39 is 5.72 Å². The molecular formula is C35H55NO4. The van der Waals surface area contributed by atoms with E-state index >= 15 is 0 Å². The van der Waals surface area contributed by atoms with Gasteiger partial charge in [0.05, 0.1) is 6.10 Å². The molecule has 5 fully saturated rings. The van der Waals surface area contributed by atoms with Crippen LogP contribution in [0.4, 0.5) is 0 Å². The number of hydrogen-bond donors (Lipinski definition) is 0. The van der Waals surface area contributed by atoms with Gasteiger partial charge < -0.3 is 14.4 Å². The number of likely N-dealkylation sites (tertiary alicyclic amines) is 1. The highest BCUT2D eigenvalue weighted by Crippen LogP contribution is 2.70. The van der Waals surface area contributed by atoms with Crippen molar-refractivity contribution in [2.24, 2.45) is 46.3 Å². The molecule has 2 saturated heterocycles. The van der Waals surface area contributed by atoms with E-state index in [2.05, 4.69) is 45.6 Å². The molecule has 2 aliphatic heterocycles. The molecular weight excluding hydrogens is 498 g/mol. The van der Waals surface area contributed by atoms with E-state index in [-0.39, 0.29) is 34.9 Å². The maximum Gasteiger partial charge on any atom is 0.306 e. The molecule has 4 aliphatic carbocycles. The van der Waals surface area contributed by atoms with Crippen LogP contribution >= 0.6 is 0 Å². The molecule has 5 nitrogen and oxygen atoms in total. The molecule has 40 heavy (non-hydrogen) atoms. The molecule has 0 aromatic heterocycles. The highest BCUT2D eigenvalue weighted by atomic mass is 16.5. The van der Waals surface area contributed by atoms with Crippen LogP contribution in [0.2, 0.25) is 0 Å². The van der Waals surface area contributed by atoms with Gasteiger partial charge in [-0.25, -0.2) is 0 Å². The van der Waals surface area contributed by atoms with E-state index in [1.165, 1.54) is 19.3 Å². The summed E-state index contributed by atoms with van der Waals surface area (Å²) < 4.78 is 13.1. The van der Waals surface area contributed by atoms with Crippen LogP contribution in [0.5, 0.6) is 0 Å². The van der Waals surface area contributed by atoms with Crippen LogP contribution in [0.25, 0.3) is 0 Å². The molecule has 11 atom stereocenters. The Morgan fingerprint density at radius 3 is 2.62 bits per heavy atom. The van der Waals surface area contributed by atoms with Crippen molar-refractivity contribution in [3.63, 3.8) is 0 Å². The predicted molar refractivity (Wildman–Crippen MR) is 157 cm³/mol. The Balaban J connectivity index is 1.18. The Morgan fingerprint density at radius 2 is 1.88 bits per heavy atom. The number of carbonyl (C=O) groups excluding carboxylic acids is 2. The van der Waals surface area contributed by atoms with Crippen molar-refractivity contribution in [2.75, 3.05) is 6.54 Å². The number of rotatable bonds is 5. The number of unbranched alkanes of at least 4 members (excludes halogenated alkanes) is 2. The van der Waals surface area contributed by atoms with Crippen molar-refractivity contribution in [3.05, 3.63) is 11.6 Å². The topological polar surface area (TPSA) is 55.8 Å². The second-order valence-corrected chi connectivity index (χ2v) is 15.4. The van der Waals surface area contributed by atoms with Gasteiger partial charge in [-0.3, -0.25) is 9.59 Å². The fraction of sp³-hybridized carbons (Fsp3) is 0.886. The molecule has 0 radical (unpaired) electrons. The highest BCUT2D eigenvalue weighted by Gasteiger charge is 2.69. The van der Waals surface area contributed by atoms with Gasteiger partial charge in [0.1, 0.15) is 11.8 Å². The summed E-state index contributed by atoms with van der Waals surface area (Å²) in [6.07, 6.45) is 16.8. The minimum absolute atomic E-state index is 0.00456. The SMILES string of the molecule is CCCCCC(=O)O[C@H]1CC[C@@]2(C)C(=CC[C@H]3[C@@H]4C[C@@H]5O[C@]6(CC[C@@H](C)CN6C(C)=O)[C@@H](C)[C@@H]5[C@@]4(C)CC[C@@H]32)C1. The molecule has 5 heteroatoms. The van der Waals surface area contributed by atoms with E-state index in [4.69, 9.17) is 9.47 Å². The molecule has 0 aromatic rings. The molecule has 0 bridgehead atoms. The average Bonchev–Trinajstić information content (AvgIpc) is 3.36. The Morgan fingerprint density at radius 1 is 1.07 bits per heavy atom. The van der Waals surface area contributed by atoms with E-state index in [9.17, 15) is 9.59 Å². The number of ether oxygens (including phenoxy) is 2. The van der Waals surface area contributed by atoms with Gasteiger partial charge in [-0.2, -0.15) is 0 Å². The lowest BCUT2D eigenvalue weighted by Gasteiger charge is -2.59. The second-order valence-electron chi connectivity index (χ2n) is 15.4. The molecule has 1 spiro atoms. The third-order valence-corrected chi connectivity index (χ3v) is 13.4. The Bertz CT molecular complexity index is 1040. The van der Waals surface area contributed by atoms with Crippen LogP contribution in [0, 0.1) is 46.3 Å². The zero-order chi connectivity index (χ0) is 28.4. The average molecular weight is 554 g/mol. The van der Waals surface area contributed by atoms with Crippen molar-refractivity contribution in [2.45, 2.75) is 143 Å². The lowest BCUT2D eigenvalue weighted by molar-refractivity contribution is -0.200. The number of nitrogens with zero attached hydrogens (tertiary/aromatic N) is 1.